The van der Waals surface area contributed by atoms with Gasteiger partial charge in [0.1, 0.15) is 5.75 Å². The number of para-hydroxylation sites is 1. The number of amides is 1. The van der Waals surface area contributed by atoms with E-state index in [1.54, 1.807) is 4.68 Å². The van der Waals surface area contributed by atoms with Crippen molar-refractivity contribution in [2.75, 3.05) is 37.7 Å². The third kappa shape index (κ3) is 4.37. The molecule has 29 heavy (non-hydrogen) atoms. The van der Waals surface area contributed by atoms with Crippen LogP contribution in [0.15, 0.2) is 48.5 Å². The van der Waals surface area contributed by atoms with Gasteiger partial charge in [0, 0.05) is 31.9 Å². The first kappa shape index (κ1) is 18.9. The summed E-state index contributed by atoms with van der Waals surface area (Å²) in [5.74, 6) is 2.21. The highest BCUT2D eigenvalue weighted by Gasteiger charge is 2.22. The molecule has 1 fully saturated rings. The van der Waals surface area contributed by atoms with Gasteiger partial charge in [-0.25, -0.2) is 4.68 Å². The van der Waals surface area contributed by atoms with E-state index in [0.717, 1.165) is 17.2 Å². The predicted molar refractivity (Wildman–Crippen MR) is 109 cm³/mol. The zero-order valence-electron chi connectivity index (χ0n) is 16.7. The van der Waals surface area contributed by atoms with Crippen LogP contribution >= 0.6 is 0 Å². The van der Waals surface area contributed by atoms with Crippen LogP contribution in [0.2, 0.25) is 0 Å². The number of ether oxygens (including phenoxy) is 1. The maximum Gasteiger partial charge on any atom is 0.260 e. The minimum absolute atomic E-state index is 0.000498. The average Bonchev–Trinajstić information content (AvgIpc) is 3.11. The van der Waals surface area contributed by atoms with Crippen LogP contribution < -0.4 is 9.64 Å². The molecule has 1 aliphatic heterocycles. The fourth-order valence-electron chi connectivity index (χ4n) is 3.40. The molecule has 0 N–H and O–H groups in total. The van der Waals surface area contributed by atoms with Crippen LogP contribution in [0.4, 0.5) is 5.82 Å². The van der Waals surface area contributed by atoms with Crippen LogP contribution in [-0.4, -0.2) is 63.6 Å². The summed E-state index contributed by atoms with van der Waals surface area (Å²) in [6.45, 7) is 6.71. The van der Waals surface area contributed by atoms with Crippen LogP contribution in [0.5, 0.6) is 5.75 Å². The molecule has 0 spiro atoms. The number of hydrogen-bond donors (Lipinski definition) is 0. The average molecular weight is 392 g/mol. The number of piperazine rings is 1. The van der Waals surface area contributed by atoms with E-state index in [0.29, 0.717) is 37.7 Å². The first-order valence-corrected chi connectivity index (χ1v) is 9.68. The Kier molecular flexibility index (Phi) is 5.41. The SMILES string of the molecule is Cc1cc(C)n(-c2ccc(N3CCN(C(=O)COc4ccccc4)CC3)nn2)n1. The lowest BCUT2D eigenvalue weighted by Crippen LogP contribution is -2.50. The van der Waals surface area contributed by atoms with Gasteiger partial charge in [0.2, 0.25) is 0 Å². The van der Waals surface area contributed by atoms with Crippen molar-refractivity contribution in [1.82, 2.24) is 24.9 Å². The predicted octanol–water partition coefficient (Wildman–Crippen LogP) is 2.01. The normalized spacial score (nSPS) is 14.1. The number of hydrogen-bond acceptors (Lipinski definition) is 6. The Labute approximate surface area is 169 Å². The zero-order chi connectivity index (χ0) is 20.2. The summed E-state index contributed by atoms with van der Waals surface area (Å²) in [6.07, 6.45) is 0. The maximum atomic E-state index is 12.4. The summed E-state index contributed by atoms with van der Waals surface area (Å²) >= 11 is 0. The van der Waals surface area contributed by atoms with E-state index in [1.165, 1.54) is 0 Å². The summed E-state index contributed by atoms with van der Waals surface area (Å²) in [5, 5.41) is 13.1. The molecule has 2 aromatic heterocycles. The second kappa shape index (κ2) is 8.30. The van der Waals surface area contributed by atoms with E-state index in [2.05, 4.69) is 20.2 Å². The molecule has 0 saturated carbocycles. The number of carbonyl (C=O) groups is 1. The molecule has 1 saturated heterocycles. The Balaban J connectivity index is 1.31. The first-order valence-electron chi connectivity index (χ1n) is 9.68. The van der Waals surface area contributed by atoms with Gasteiger partial charge in [-0.15, -0.1) is 10.2 Å². The number of anilines is 1. The maximum absolute atomic E-state index is 12.4. The van der Waals surface area contributed by atoms with Crippen LogP contribution in [0, 0.1) is 13.8 Å². The van der Waals surface area contributed by atoms with Crippen molar-refractivity contribution >= 4 is 11.7 Å². The Morgan fingerprint density at radius 1 is 0.966 bits per heavy atom. The topological polar surface area (TPSA) is 76.4 Å². The molecule has 1 aromatic carbocycles. The second-order valence-electron chi connectivity index (χ2n) is 7.06. The van der Waals surface area contributed by atoms with Gasteiger partial charge in [0.05, 0.1) is 5.69 Å². The van der Waals surface area contributed by atoms with Gasteiger partial charge in [-0.2, -0.15) is 5.10 Å². The lowest BCUT2D eigenvalue weighted by Gasteiger charge is -2.35. The Hall–Kier alpha value is -3.42. The van der Waals surface area contributed by atoms with Gasteiger partial charge in [-0.3, -0.25) is 4.79 Å². The van der Waals surface area contributed by atoms with Crippen molar-refractivity contribution in [3.8, 4) is 11.6 Å². The zero-order valence-corrected chi connectivity index (χ0v) is 16.7. The third-order valence-electron chi connectivity index (χ3n) is 4.92. The number of aromatic nitrogens is 4. The van der Waals surface area contributed by atoms with Crippen molar-refractivity contribution in [2.45, 2.75) is 13.8 Å². The summed E-state index contributed by atoms with van der Waals surface area (Å²) in [7, 11) is 0. The van der Waals surface area contributed by atoms with Crippen molar-refractivity contribution in [2.24, 2.45) is 0 Å². The molecule has 8 heteroatoms. The van der Waals surface area contributed by atoms with Crippen molar-refractivity contribution in [3.05, 3.63) is 59.9 Å². The highest BCUT2D eigenvalue weighted by atomic mass is 16.5. The monoisotopic (exact) mass is 392 g/mol. The van der Waals surface area contributed by atoms with E-state index in [9.17, 15) is 4.79 Å². The molecule has 0 unspecified atom stereocenters. The fourth-order valence-corrected chi connectivity index (χ4v) is 3.40. The fraction of sp³-hybridized carbons (Fsp3) is 0.333. The summed E-state index contributed by atoms with van der Waals surface area (Å²) in [6, 6.07) is 15.3. The molecule has 0 radical (unpaired) electrons. The second-order valence-corrected chi connectivity index (χ2v) is 7.06. The lowest BCUT2D eigenvalue weighted by molar-refractivity contribution is -0.133. The number of carbonyl (C=O) groups excluding carboxylic acids is 1. The van der Waals surface area contributed by atoms with E-state index in [1.807, 2.05) is 67.3 Å². The van der Waals surface area contributed by atoms with Gasteiger partial charge < -0.3 is 14.5 Å². The van der Waals surface area contributed by atoms with Gasteiger partial charge in [0.25, 0.3) is 5.91 Å². The van der Waals surface area contributed by atoms with Crippen LogP contribution in [-0.2, 0) is 4.79 Å². The smallest absolute Gasteiger partial charge is 0.260 e. The van der Waals surface area contributed by atoms with Gasteiger partial charge >= 0.3 is 0 Å². The van der Waals surface area contributed by atoms with Gasteiger partial charge in [-0.1, -0.05) is 18.2 Å². The van der Waals surface area contributed by atoms with E-state index in [4.69, 9.17) is 4.74 Å². The minimum atomic E-state index is -0.000498. The summed E-state index contributed by atoms with van der Waals surface area (Å²) < 4.78 is 7.35. The van der Waals surface area contributed by atoms with Gasteiger partial charge in [0.15, 0.2) is 18.2 Å². The third-order valence-corrected chi connectivity index (χ3v) is 4.92. The molecule has 0 aliphatic carbocycles. The Morgan fingerprint density at radius 2 is 1.66 bits per heavy atom. The molecule has 1 aliphatic rings. The molecule has 0 bridgehead atoms. The standard InChI is InChI=1S/C21H24N6O2/c1-16-14-17(2)27(24-16)20-9-8-19(22-23-20)25-10-12-26(13-11-25)21(28)15-29-18-6-4-3-5-7-18/h3-9,14H,10-13,15H2,1-2H3. The molecule has 150 valence electrons. The van der Waals surface area contributed by atoms with E-state index in [-0.39, 0.29) is 12.5 Å². The minimum Gasteiger partial charge on any atom is -0.484 e. The summed E-state index contributed by atoms with van der Waals surface area (Å²) in [5.41, 5.74) is 1.97. The van der Waals surface area contributed by atoms with Crippen LogP contribution in [0.3, 0.4) is 0 Å². The first-order chi connectivity index (χ1) is 14.1. The van der Waals surface area contributed by atoms with Crippen molar-refractivity contribution in [1.29, 1.82) is 0 Å². The Bertz CT molecular complexity index is 963. The number of benzene rings is 1. The Morgan fingerprint density at radius 3 is 2.28 bits per heavy atom. The van der Waals surface area contributed by atoms with Crippen molar-refractivity contribution < 1.29 is 9.53 Å². The molecule has 0 atom stereocenters. The van der Waals surface area contributed by atoms with Crippen LogP contribution in [0.1, 0.15) is 11.4 Å². The molecule has 4 rings (SSSR count). The highest BCUT2D eigenvalue weighted by molar-refractivity contribution is 5.78. The molecule has 3 aromatic rings. The molecular formula is C21H24N6O2. The van der Waals surface area contributed by atoms with Gasteiger partial charge in [-0.05, 0) is 44.2 Å². The number of aryl methyl sites for hydroxylation is 2. The summed E-state index contributed by atoms with van der Waals surface area (Å²) in [4.78, 5) is 16.4. The largest absolute Gasteiger partial charge is 0.484 e. The van der Waals surface area contributed by atoms with E-state index < -0.39 is 0 Å². The number of rotatable bonds is 5. The van der Waals surface area contributed by atoms with Crippen molar-refractivity contribution in [3.63, 3.8) is 0 Å². The van der Waals surface area contributed by atoms with E-state index >= 15 is 0 Å². The molecule has 3 heterocycles. The molecular weight excluding hydrogens is 368 g/mol. The molecule has 8 nitrogen and oxygen atoms in total. The lowest BCUT2D eigenvalue weighted by atomic mass is 10.3. The van der Waals surface area contributed by atoms with Crippen LogP contribution in [0.25, 0.3) is 5.82 Å². The highest BCUT2D eigenvalue weighted by Crippen LogP contribution is 2.16. The quantitative estimate of drug-likeness (QED) is 0.661. The number of nitrogens with zero attached hydrogens (tertiary/aromatic N) is 6. The molecule has 1 amide bonds.